The van der Waals surface area contributed by atoms with Crippen molar-refractivity contribution in [1.29, 1.82) is 0 Å². The number of anilines is 1. The molecule has 3 aliphatic rings. The monoisotopic (exact) mass is 204 g/mol. The number of piperidine rings is 2. The highest BCUT2D eigenvalue weighted by Crippen LogP contribution is 2.41. The van der Waals surface area contributed by atoms with Crippen molar-refractivity contribution in [1.82, 2.24) is 4.57 Å². The molecular weight excluding hydrogens is 184 g/mol. The molecule has 4 rings (SSSR count). The molecular formula is C13H20N2. The van der Waals surface area contributed by atoms with Gasteiger partial charge in [-0.15, -0.1) is 0 Å². The number of aromatic nitrogens is 1. The first-order valence-corrected chi connectivity index (χ1v) is 6.17. The SMILES string of the molecule is CC1C2CCC(CC2)N1c1cccn1C. The molecule has 2 nitrogen and oxygen atoms in total. The maximum Gasteiger partial charge on any atom is 0.108 e. The van der Waals surface area contributed by atoms with Crippen LogP contribution in [-0.2, 0) is 7.05 Å². The van der Waals surface area contributed by atoms with E-state index in [1.54, 1.807) is 0 Å². The highest BCUT2D eigenvalue weighted by atomic mass is 15.3. The Morgan fingerprint density at radius 1 is 1.20 bits per heavy atom. The molecule has 0 spiro atoms. The van der Waals surface area contributed by atoms with Crippen molar-refractivity contribution in [3.63, 3.8) is 0 Å². The number of aryl methyl sites for hydroxylation is 1. The van der Waals surface area contributed by atoms with Crippen LogP contribution in [0.5, 0.6) is 0 Å². The highest BCUT2D eigenvalue weighted by Gasteiger charge is 2.39. The van der Waals surface area contributed by atoms with Crippen LogP contribution in [-0.4, -0.2) is 16.7 Å². The van der Waals surface area contributed by atoms with Crippen molar-refractivity contribution >= 4 is 5.82 Å². The largest absolute Gasteiger partial charge is 0.352 e. The number of hydrogen-bond acceptors (Lipinski definition) is 1. The molecule has 3 fully saturated rings. The van der Waals surface area contributed by atoms with Crippen LogP contribution >= 0.6 is 0 Å². The minimum Gasteiger partial charge on any atom is -0.352 e. The first kappa shape index (κ1) is 9.32. The summed E-state index contributed by atoms with van der Waals surface area (Å²) in [6, 6.07) is 5.96. The lowest BCUT2D eigenvalue weighted by Gasteiger charge is -2.51. The van der Waals surface area contributed by atoms with Gasteiger partial charge in [-0.25, -0.2) is 0 Å². The second-order valence-electron chi connectivity index (χ2n) is 5.19. The van der Waals surface area contributed by atoms with E-state index in [1.807, 2.05) is 0 Å². The van der Waals surface area contributed by atoms with Gasteiger partial charge in [-0.05, 0) is 50.7 Å². The zero-order chi connectivity index (χ0) is 10.4. The fourth-order valence-corrected chi connectivity index (χ4v) is 3.54. The zero-order valence-electron chi connectivity index (χ0n) is 9.69. The maximum atomic E-state index is 2.66. The second-order valence-corrected chi connectivity index (χ2v) is 5.19. The van der Waals surface area contributed by atoms with Crippen LogP contribution in [0.15, 0.2) is 18.3 Å². The van der Waals surface area contributed by atoms with Crippen LogP contribution in [0.1, 0.15) is 32.6 Å². The molecule has 2 bridgehead atoms. The van der Waals surface area contributed by atoms with Crippen LogP contribution in [0, 0.1) is 5.92 Å². The van der Waals surface area contributed by atoms with Gasteiger partial charge < -0.3 is 9.47 Å². The van der Waals surface area contributed by atoms with E-state index in [4.69, 9.17) is 0 Å². The van der Waals surface area contributed by atoms with E-state index in [9.17, 15) is 0 Å². The highest BCUT2D eigenvalue weighted by molar-refractivity contribution is 5.44. The van der Waals surface area contributed by atoms with Gasteiger partial charge in [0.2, 0.25) is 0 Å². The molecule has 1 aromatic rings. The molecule has 1 atom stereocenters. The van der Waals surface area contributed by atoms with Gasteiger partial charge in [-0.3, -0.25) is 0 Å². The summed E-state index contributed by atoms with van der Waals surface area (Å²) in [5.74, 6) is 2.35. The first-order valence-electron chi connectivity index (χ1n) is 6.17. The maximum absolute atomic E-state index is 2.66. The second kappa shape index (κ2) is 3.29. The lowest BCUT2D eigenvalue weighted by molar-refractivity contribution is 0.198. The van der Waals surface area contributed by atoms with Crippen LogP contribution in [0.4, 0.5) is 5.82 Å². The molecule has 0 aromatic carbocycles. The fraction of sp³-hybridized carbons (Fsp3) is 0.692. The third-order valence-corrected chi connectivity index (χ3v) is 4.44. The van der Waals surface area contributed by atoms with E-state index in [1.165, 1.54) is 31.5 Å². The average molecular weight is 204 g/mol. The van der Waals surface area contributed by atoms with Gasteiger partial charge in [0.25, 0.3) is 0 Å². The third kappa shape index (κ3) is 1.30. The van der Waals surface area contributed by atoms with E-state index < -0.39 is 0 Å². The Bertz CT molecular complexity index is 345. The number of nitrogens with zero attached hydrogens (tertiary/aromatic N) is 2. The molecule has 0 amide bonds. The summed E-state index contributed by atoms with van der Waals surface area (Å²) in [4.78, 5) is 2.66. The van der Waals surface area contributed by atoms with Crippen molar-refractivity contribution in [2.75, 3.05) is 4.90 Å². The summed E-state index contributed by atoms with van der Waals surface area (Å²) >= 11 is 0. The molecule has 0 radical (unpaired) electrons. The molecule has 1 unspecified atom stereocenters. The predicted octanol–water partition coefficient (Wildman–Crippen LogP) is 2.79. The molecule has 3 heterocycles. The summed E-state index contributed by atoms with van der Waals surface area (Å²) in [7, 11) is 2.16. The Labute approximate surface area is 91.9 Å². The summed E-state index contributed by atoms with van der Waals surface area (Å²) in [5.41, 5.74) is 0. The number of rotatable bonds is 1. The van der Waals surface area contributed by atoms with E-state index in [-0.39, 0.29) is 0 Å². The van der Waals surface area contributed by atoms with Crippen molar-refractivity contribution < 1.29 is 0 Å². The van der Waals surface area contributed by atoms with E-state index >= 15 is 0 Å². The van der Waals surface area contributed by atoms with Gasteiger partial charge in [0.1, 0.15) is 5.82 Å². The lowest BCUT2D eigenvalue weighted by atomic mass is 9.75. The van der Waals surface area contributed by atoms with Gasteiger partial charge in [0.15, 0.2) is 0 Å². The third-order valence-electron chi connectivity index (χ3n) is 4.44. The zero-order valence-corrected chi connectivity index (χ0v) is 9.69. The van der Waals surface area contributed by atoms with Crippen LogP contribution in [0.25, 0.3) is 0 Å². The molecule has 15 heavy (non-hydrogen) atoms. The summed E-state index contributed by atoms with van der Waals surface area (Å²) in [6.45, 7) is 2.41. The average Bonchev–Trinajstić information content (AvgIpc) is 2.66. The minimum atomic E-state index is 0.742. The van der Waals surface area contributed by atoms with Gasteiger partial charge in [-0.2, -0.15) is 0 Å². The Balaban J connectivity index is 1.95. The van der Waals surface area contributed by atoms with Gasteiger partial charge in [0, 0.05) is 25.3 Å². The molecule has 1 saturated carbocycles. The van der Waals surface area contributed by atoms with Crippen molar-refractivity contribution in [2.45, 2.75) is 44.7 Å². The quantitative estimate of drug-likeness (QED) is 0.683. The van der Waals surface area contributed by atoms with Crippen LogP contribution < -0.4 is 4.90 Å². The van der Waals surface area contributed by atoms with Gasteiger partial charge >= 0.3 is 0 Å². The molecule has 1 aromatic heterocycles. The summed E-state index contributed by atoms with van der Waals surface area (Å²) < 4.78 is 2.26. The van der Waals surface area contributed by atoms with Crippen LogP contribution in [0.2, 0.25) is 0 Å². The van der Waals surface area contributed by atoms with E-state index in [0.29, 0.717) is 0 Å². The Hall–Kier alpha value is -0.920. The molecule has 2 saturated heterocycles. The van der Waals surface area contributed by atoms with E-state index in [0.717, 1.165) is 18.0 Å². The van der Waals surface area contributed by atoms with Gasteiger partial charge in [-0.1, -0.05) is 0 Å². The topological polar surface area (TPSA) is 8.17 Å². The molecule has 0 N–H and O–H groups in total. The van der Waals surface area contributed by atoms with Crippen molar-refractivity contribution in [3.05, 3.63) is 18.3 Å². The minimum absolute atomic E-state index is 0.742. The smallest absolute Gasteiger partial charge is 0.108 e. The lowest BCUT2D eigenvalue weighted by Crippen LogP contribution is -2.54. The normalized spacial score (nSPS) is 34.8. The van der Waals surface area contributed by atoms with Gasteiger partial charge in [0.05, 0.1) is 0 Å². The predicted molar refractivity (Wildman–Crippen MR) is 63.1 cm³/mol. The molecule has 1 aliphatic carbocycles. The van der Waals surface area contributed by atoms with Crippen molar-refractivity contribution in [3.8, 4) is 0 Å². The van der Waals surface area contributed by atoms with Crippen LogP contribution in [0.3, 0.4) is 0 Å². The molecule has 82 valence electrons. The summed E-state index contributed by atoms with van der Waals surface area (Å²) in [5, 5.41) is 0. The Morgan fingerprint density at radius 3 is 2.47 bits per heavy atom. The standard InChI is InChI=1S/C13H20N2/c1-10-11-5-7-12(8-6-11)15(10)13-4-3-9-14(13)2/h3-4,9-12H,5-8H2,1-2H3. The number of hydrogen-bond donors (Lipinski definition) is 0. The fourth-order valence-electron chi connectivity index (χ4n) is 3.54. The Kier molecular flexibility index (Phi) is 2.04. The number of fused-ring (bicyclic) bond motifs is 3. The van der Waals surface area contributed by atoms with Crippen molar-refractivity contribution in [2.24, 2.45) is 13.0 Å². The first-order chi connectivity index (χ1) is 7.27. The summed E-state index contributed by atoms with van der Waals surface area (Å²) in [6.07, 6.45) is 7.87. The molecule has 2 aliphatic heterocycles. The van der Waals surface area contributed by atoms with E-state index in [2.05, 4.69) is 41.8 Å². The molecule has 2 heteroatoms. The Morgan fingerprint density at radius 2 is 1.93 bits per heavy atom.